The largest absolute Gasteiger partial charge is 0.472 e. The molecule has 0 saturated heterocycles. The Morgan fingerprint density at radius 3 is 2.74 bits per heavy atom. The van der Waals surface area contributed by atoms with Crippen molar-refractivity contribution < 1.29 is 4.42 Å². The maximum absolute atomic E-state index is 6.26. The molecule has 1 heterocycles. The van der Waals surface area contributed by atoms with E-state index in [2.05, 4.69) is 4.90 Å². The van der Waals surface area contributed by atoms with E-state index < -0.39 is 0 Å². The van der Waals surface area contributed by atoms with Crippen molar-refractivity contribution in [2.24, 2.45) is 5.73 Å². The first-order valence-electron chi connectivity index (χ1n) is 5.98. The van der Waals surface area contributed by atoms with Gasteiger partial charge in [-0.1, -0.05) is 35.3 Å². The van der Waals surface area contributed by atoms with Crippen LogP contribution in [0.1, 0.15) is 17.2 Å². The van der Waals surface area contributed by atoms with Crippen LogP contribution in [0.25, 0.3) is 0 Å². The molecule has 0 spiro atoms. The van der Waals surface area contributed by atoms with Crippen LogP contribution in [0.2, 0.25) is 10.0 Å². The second-order valence-corrected chi connectivity index (χ2v) is 5.23. The number of nitrogens with zero attached hydrogens (tertiary/aromatic N) is 1. The van der Waals surface area contributed by atoms with Crippen molar-refractivity contribution in [1.29, 1.82) is 0 Å². The quantitative estimate of drug-likeness (QED) is 0.915. The van der Waals surface area contributed by atoms with E-state index in [-0.39, 0.29) is 6.04 Å². The lowest BCUT2D eigenvalue weighted by Gasteiger charge is -2.27. The van der Waals surface area contributed by atoms with Gasteiger partial charge in [-0.15, -0.1) is 0 Å². The molecule has 1 atom stereocenters. The number of hydrogen-bond donors (Lipinski definition) is 1. The number of rotatable bonds is 5. The van der Waals surface area contributed by atoms with Gasteiger partial charge in [0.05, 0.1) is 22.6 Å². The molecule has 0 bridgehead atoms. The molecule has 0 fully saturated rings. The zero-order valence-corrected chi connectivity index (χ0v) is 12.2. The van der Waals surface area contributed by atoms with E-state index in [9.17, 15) is 0 Å². The Morgan fingerprint density at radius 2 is 2.11 bits per heavy atom. The SMILES string of the molecule is CN(Cc1ccoc1)C(CN)c1cccc(Cl)c1Cl. The molecule has 1 aromatic carbocycles. The van der Waals surface area contributed by atoms with Gasteiger partial charge in [0.2, 0.25) is 0 Å². The maximum Gasteiger partial charge on any atom is 0.0947 e. The van der Waals surface area contributed by atoms with Crippen LogP contribution < -0.4 is 5.73 Å². The summed E-state index contributed by atoms with van der Waals surface area (Å²) in [6.45, 7) is 1.20. The molecule has 3 nitrogen and oxygen atoms in total. The minimum atomic E-state index is 0.0149. The molecule has 1 aromatic heterocycles. The zero-order chi connectivity index (χ0) is 13.8. The minimum Gasteiger partial charge on any atom is -0.472 e. The van der Waals surface area contributed by atoms with Crippen molar-refractivity contribution in [2.75, 3.05) is 13.6 Å². The number of furan rings is 1. The summed E-state index contributed by atoms with van der Waals surface area (Å²) in [6.07, 6.45) is 3.39. The Hall–Kier alpha value is -1.000. The van der Waals surface area contributed by atoms with Gasteiger partial charge in [-0.25, -0.2) is 0 Å². The van der Waals surface area contributed by atoms with Crippen LogP contribution in [0.4, 0.5) is 0 Å². The Morgan fingerprint density at radius 1 is 1.32 bits per heavy atom. The van der Waals surface area contributed by atoms with Gasteiger partial charge in [0.15, 0.2) is 0 Å². The Bertz CT molecular complexity index is 528. The third-order valence-electron chi connectivity index (χ3n) is 3.11. The van der Waals surface area contributed by atoms with E-state index >= 15 is 0 Å². The highest BCUT2D eigenvalue weighted by Crippen LogP contribution is 2.32. The lowest BCUT2D eigenvalue weighted by molar-refractivity contribution is 0.241. The fraction of sp³-hybridized carbons (Fsp3) is 0.286. The van der Waals surface area contributed by atoms with Crippen LogP contribution in [0.15, 0.2) is 41.2 Å². The molecule has 0 aliphatic carbocycles. The number of hydrogen-bond acceptors (Lipinski definition) is 3. The molecule has 0 aliphatic rings. The summed E-state index contributed by atoms with van der Waals surface area (Å²) in [7, 11) is 2.00. The van der Waals surface area contributed by atoms with E-state index in [1.54, 1.807) is 18.6 Å². The first-order chi connectivity index (χ1) is 9.13. The lowest BCUT2D eigenvalue weighted by atomic mass is 10.1. The van der Waals surface area contributed by atoms with Gasteiger partial charge in [-0.05, 0) is 24.7 Å². The highest BCUT2D eigenvalue weighted by Gasteiger charge is 2.19. The second-order valence-electron chi connectivity index (χ2n) is 4.44. The third-order valence-corrected chi connectivity index (χ3v) is 3.94. The highest BCUT2D eigenvalue weighted by molar-refractivity contribution is 6.42. The summed E-state index contributed by atoms with van der Waals surface area (Å²) in [5.74, 6) is 0. The van der Waals surface area contributed by atoms with Gasteiger partial charge in [0.25, 0.3) is 0 Å². The van der Waals surface area contributed by atoms with Crippen molar-refractivity contribution in [3.05, 3.63) is 58.0 Å². The van der Waals surface area contributed by atoms with Crippen molar-refractivity contribution in [2.45, 2.75) is 12.6 Å². The summed E-state index contributed by atoms with van der Waals surface area (Å²) in [4.78, 5) is 2.13. The standard InChI is InChI=1S/C14H16Cl2N2O/c1-18(8-10-5-6-19-9-10)13(7-17)11-3-2-4-12(15)14(11)16/h2-6,9,13H,7-8,17H2,1H3. The van der Waals surface area contributed by atoms with Gasteiger partial charge >= 0.3 is 0 Å². The zero-order valence-electron chi connectivity index (χ0n) is 10.6. The topological polar surface area (TPSA) is 42.4 Å². The number of benzene rings is 1. The van der Waals surface area contributed by atoms with Crippen LogP contribution in [0.5, 0.6) is 0 Å². The Balaban J connectivity index is 2.21. The van der Waals surface area contributed by atoms with Crippen LogP contribution >= 0.6 is 23.2 Å². The molecule has 5 heteroatoms. The molecule has 0 saturated carbocycles. The van der Waals surface area contributed by atoms with Gasteiger partial charge < -0.3 is 10.2 Å². The molecule has 2 N–H and O–H groups in total. The second kappa shape index (κ2) is 6.44. The third kappa shape index (κ3) is 3.31. The fourth-order valence-corrected chi connectivity index (χ4v) is 2.54. The first-order valence-corrected chi connectivity index (χ1v) is 6.74. The maximum atomic E-state index is 6.26. The van der Waals surface area contributed by atoms with Gasteiger partial charge in [-0.2, -0.15) is 0 Å². The monoisotopic (exact) mass is 298 g/mol. The molecule has 1 unspecified atom stereocenters. The molecule has 19 heavy (non-hydrogen) atoms. The van der Waals surface area contributed by atoms with Crippen molar-refractivity contribution in [3.63, 3.8) is 0 Å². The van der Waals surface area contributed by atoms with Crippen LogP contribution in [-0.4, -0.2) is 18.5 Å². The van der Waals surface area contributed by atoms with Crippen LogP contribution in [0.3, 0.4) is 0 Å². The van der Waals surface area contributed by atoms with E-state index in [0.29, 0.717) is 16.6 Å². The van der Waals surface area contributed by atoms with Crippen molar-refractivity contribution in [3.8, 4) is 0 Å². The van der Waals surface area contributed by atoms with E-state index in [0.717, 1.165) is 17.7 Å². The molecule has 0 aliphatic heterocycles. The molecule has 0 radical (unpaired) electrons. The molecular weight excluding hydrogens is 283 g/mol. The fourth-order valence-electron chi connectivity index (χ4n) is 2.10. The summed E-state index contributed by atoms with van der Waals surface area (Å²) in [6, 6.07) is 7.57. The van der Waals surface area contributed by atoms with E-state index in [4.69, 9.17) is 33.4 Å². The summed E-state index contributed by atoms with van der Waals surface area (Å²) < 4.78 is 5.07. The normalized spacial score (nSPS) is 12.9. The van der Waals surface area contributed by atoms with E-state index in [1.165, 1.54) is 0 Å². The highest BCUT2D eigenvalue weighted by atomic mass is 35.5. The molecule has 0 amide bonds. The number of nitrogens with two attached hydrogens (primary N) is 1. The average Bonchev–Trinajstić information content (AvgIpc) is 2.88. The molecule has 102 valence electrons. The van der Waals surface area contributed by atoms with Gasteiger partial charge in [-0.3, -0.25) is 4.90 Å². The average molecular weight is 299 g/mol. The molecular formula is C14H16Cl2N2O. The van der Waals surface area contributed by atoms with Gasteiger partial charge in [0, 0.05) is 24.7 Å². The van der Waals surface area contributed by atoms with Gasteiger partial charge in [0.1, 0.15) is 0 Å². The summed E-state index contributed by atoms with van der Waals surface area (Å²) in [5, 5.41) is 1.12. The summed E-state index contributed by atoms with van der Waals surface area (Å²) in [5.41, 5.74) is 7.93. The lowest BCUT2D eigenvalue weighted by Crippen LogP contribution is -2.30. The first kappa shape index (κ1) is 14.4. The minimum absolute atomic E-state index is 0.0149. The molecule has 2 aromatic rings. The Labute approximate surface area is 122 Å². The van der Waals surface area contributed by atoms with Crippen molar-refractivity contribution >= 4 is 23.2 Å². The van der Waals surface area contributed by atoms with Crippen molar-refractivity contribution in [1.82, 2.24) is 4.90 Å². The predicted octanol–water partition coefficient (Wildman–Crippen LogP) is 3.72. The number of likely N-dealkylation sites (N-methyl/N-ethyl adjacent to an activating group) is 1. The summed E-state index contributed by atoms with van der Waals surface area (Å²) >= 11 is 12.3. The van der Waals surface area contributed by atoms with Crippen LogP contribution in [-0.2, 0) is 6.54 Å². The number of halogens is 2. The van der Waals surface area contributed by atoms with E-state index in [1.807, 2.05) is 25.2 Å². The van der Waals surface area contributed by atoms with Crippen LogP contribution in [0, 0.1) is 0 Å². The predicted molar refractivity (Wildman–Crippen MR) is 78.4 cm³/mol. The smallest absolute Gasteiger partial charge is 0.0947 e. The molecule has 2 rings (SSSR count). The Kier molecular flexibility index (Phi) is 4.88.